The number of hydrogen-bond donors (Lipinski definition) is 2. The van der Waals surface area contributed by atoms with Crippen LogP contribution in [0.25, 0.3) is 0 Å². The minimum absolute atomic E-state index is 0.0323. The van der Waals surface area contributed by atoms with Gasteiger partial charge >= 0.3 is 0 Å². The second-order valence-corrected chi connectivity index (χ2v) is 7.45. The van der Waals surface area contributed by atoms with Crippen molar-refractivity contribution in [2.75, 3.05) is 27.2 Å². The van der Waals surface area contributed by atoms with Gasteiger partial charge in [-0.05, 0) is 31.5 Å². The average molecular weight is 344 g/mol. The highest BCUT2D eigenvalue weighted by molar-refractivity contribution is 5.91. The van der Waals surface area contributed by atoms with Crippen LogP contribution >= 0.6 is 0 Å². The van der Waals surface area contributed by atoms with Gasteiger partial charge in [0.1, 0.15) is 6.26 Å². The highest BCUT2D eigenvalue weighted by Crippen LogP contribution is 2.17. The van der Waals surface area contributed by atoms with Crippen LogP contribution in [0.2, 0.25) is 0 Å². The van der Waals surface area contributed by atoms with Crippen LogP contribution < -0.4 is 11.1 Å². The molecule has 0 aliphatic carbocycles. The van der Waals surface area contributed by atoms with Crippen molar-refractivity contribution in [2.24, 2.45) is 11.1 Å². The molecule has 1 aromatic carbocycles. The maximum Gasteiger partial charge on any atom is 0.273 e. The number of aromatic nitrogens is 1. The van der Waals surface area contributed by atoms with Crippen molar-refractivity contribution in [2.45, 2.75) is 26.3 Å². The Hall–Kier alpha value is -2.18. The summed E-state index contributed by atoms with van der Waals surface area (Å²) in [5, 5.41) is 2.92. The Morgan fingerprint density at radius 3 is 2.64 bits per heavy atom. The summed E-state index contributed by atoms with van der Waals surface area (Å²) in [6.45, 7) is 5.65. The van der Waals surface area contributed by atoms with E-state index in [-0.39, 0.29) is 23.1 Å². The highest BCUT2D eigenvalue weighted by atomic mass is 16.3. The second kappa shape index (κ2) is 8.27. The van der Waals surface area contributed by atoms with E-state index in [4.69, 9.17) is 10.2 Å². The molecule has 1 atom stereocenters. The molecule has 0 aliphatic heterocycles. The van der Waals surface area contributed by atoms with E-state index in [2.05, 4.69) is 29.0 Å². The molecule has 3 N–H and O–H groups in total. The number of carbonyl (C=O) groups excluding carboxylic acids is 1. The number of carbonyl (C=O) groups is 1. The molecule has 0 saturated heterocycles. The van der Waals surface area contributed by atoms with Gasteiger partial charge in [-0.15, -0.1) is 0 Å². The Labute approximate surface area is 149 Å². The molecule has 1 unspecified atom stereocenters. The largest absolute Gasteiger partial charge is 0.446 e. The molecule has 136 valence electrons. The highest BCUT2D eigenvalue weighted by Gasteiger charge is 2.22. The third kappa shape index (κ3) is 5.99. The first-order valence-corrected chi connectivity index (χ1v) is 8.45. The molecule has 0 radical (unpaired) electrons. The minimum atomic E-state index is -0.380. The number of nitrogens with two attached hydrogens (primary N) is 1. The van der Waals surface area contributed by atoms with Crippen LogP contribution in [-0.4, -0.2) is 43.0 Å². The van der Waals surface area contributed by atoms with Crippen molar-refractivity contribution in [3.05, 3.63) is 53.7 Å². The third-order valence-corrected chi connectivity index (χ3v) is 3.84. The van der Waals surface area contributed by atoms with Gasteiger partial charge in [0, 0.05) is 13.1 Å². The normalized spacial score (nSPS) is 13.0. The summed E-state index contributed by atoms with van der Waals surface area (Å²) in [6, 6.07) is 9.51. The van der Waals surface area contributed by atoms with Crippen LogP contribution in [-0.2, 0) is 6.42 Å². The molecule has 1 heterocycles. The van der Waals surface area contributed by atoms with Crippen LogP contribution in [0.3, 0.4) is 0 Å². The van der Waals surface area contributed by atoms with E-state index in [9.17, 15) is 4.79 Å². The summed E-state index contributed by atoms with van der Waals surface area (Å²) >= 11 is 0. The molecular formula is C19H28N4O2. The molecule has 2 rings (SSSR count). The maximum atomic E-state index is 12.3. The van der Waals surface area contributed by atoms with E-state index in [1.54, 1.807) is 0 Å². The van der Waals surface area contributed by atoms with E-state index >= 15 is 0 Å². The first kappa shape index (κ1) is 19.1. The van der Waals surface area contributed by atoms with Crippen molar-refractivity contribution >= 4 is 5.91 Å². The lowest BCUT2D eigenvalue weighted by atomic mass is 9.93. The zero-order valence-electron chi connectivity index (χ0n) is 15.5. The van der Waals surface area contributed by atoms with E-state index < -0.39 is 0 Å². The molecule has 2 aromatic rings. The zero-order valence-corrected chi connectivity index (χ0v) is 15.5. The minimum Gasteiger partial charge on any atom is -0.446 e. The van der Waals surface area contributed by atoms with Gasteiger partial charge in [-0.25, -0.2) is 4.98 Å². The van der Waals surface area contributed by atoms with E-state index in [1.165, 1.54) is 6.26 Å². The van der Waals surface area contributed by atoms with Crippen molar-refractivity contribution in [1.82, 2.24) is 15.2 Å². The predicted octanol–water partition coefficient (Wildman–Crippen LogP) is 2.23. The fourth-order valence-electron chi connectivity index (χ4n) is 2.84. The Balaban J connectivity index is 1.92. The number of oxazole rings is 1. The van der Waals surface area contributed by atoms with Crippen LogP contribution in [0.1, 0.15) is 41.8 Å². The molecule has 0 saturated carbocycles. The van der Waals surface area contributed by atoms with Crippen molar-refractivity contribution in [3.8, 4) is 0 Å². The first-order valence-electron chi connectivity index (χ1n) is 8.45. The Morgan fingerprint density at radius 1 is 1.32 bits per heavy atom. The van der Waals surface area contributed by atoms with Crippen molar-refractivity contribution in [1.29, 1.82) is 0 Å². The molecule has 0 aliphatic rings. The topological polar surface area (TPSA) is 84.4 Å². The van der Waals surface area contributed by atoms with E-state index in [0.717, 1.165) is 12.1 Å². The van der Waals surface area contributed by atoms with Gasteiger partial charge in [0.25, 0.3) is 5.91 Å². The van der Waals surface area contributed by atoms with Gasteiger partial charge in [0.05, 0.1) is 6.04 Å². The van der Waals surface area contributed by atoms with Gasteiger partial charge in [0.15, 0.2) is 5.69 Å². The number of rotatable bonds is 8. The van der Waals surface area contributed by atoms with Gasteiger partial charge in [-0.2, -0.15) is 0 Å². The van der Waals surface area contributed by atoms with Crippen molar-refractivity contribution in [3.63, 3.8) is 0 Å². The summed E-state index contributed by atoms with van der Waals surface area (Å²) in [4.78, 5) is 18.6. The summed E-state index contributed by atoms with van der Waals surface area (Å²) in [6.07, 6.45) is 1.98. The zero-order chi connectivity index (χ0) is 18.4. The van der Waals surface area contributed by atoms with Crippen LogP contribution in [0.5, 0.6) is 0 Å². The molecular weight excluding hydrogens is 316 g/mol. The fourth-order valence-corrected chi connectivity index (χ4v) is 2.84. The fraction of sp³-hybridized carbons (Fsp3) is 0.474. The number of amides is 1. The monoisotopic (exact) mass is 344 g/mol. The van der Waals surface area contributed by atoms with Crippen molar-refractivity contribution < 1.29 is 9.21 Å². The lowest BCUT2D eigenvalue weighted by molar-refractivity contribution is 0.0924. The van der Waals surface area contributed by atoms with E-state index in [0.29, 0.717) is 18.9 Å². The lowest BCUT2D eigenvalue weighted by Gasteiger charge is -2.28. The molecule has 25 heavy (non-hydrogen) atoms. The summed E-state index contributed by atoms with van der Waals surface area (Å²) in [7, 11) is 4.03. The summed E-state index contributed by atoms with van der Waals surface area (Å²) in [5.41, 5.74) is 7.48. The number of nitrogens with one attached hydrogen (secondary N) is 1. The standard InChI is InChI=1S/C19H28N4O2/c1-19(2,13-23(3)4)12-21-17(24)16-11-25-18(22-16)15(20)10-14-8-6-5-7-9-14/h5-9,11,15H,10,12-13,20H2,1-4H3,(H,21,24). The Kier molecular flexibility index (Phi) is 6.33. The number of nitrogens with zero attached hydrogens (tertiary/aromatic N) is 2. The molecule has 6 heteroatoms. The van der Waals surface area contributed by atoms with Crippen LogP contribution in [0.4, 0.5) is 0 Å². The molecule has 0 bridgehead atoms. The Bertz CT molecular complexity index is 680. The lowest BCUT2D eigenvalue weighted by Crippen LogP contribution is -2.40. The molecule has 1 aromatic heterocycles. The molecule has 0 spiro atoms. The van der Waals surface area contributed by atoms with Gasteiger partial charge in [-0.3, -0.25) is 4.79 Å². The summed E-state index contributed by atoms with van der Waals surface area (Å²) in [5.74, 6) is 0.135. The van der Waals surface area contributed by atoms with E-state index in [1.807, 2.05) is 44.4 Å². The van der Waals surface area contributed by atoms with Gasteiger partial charge in [0.2, 0.25) is 5.89 Å². The average Bonchev–Trinajstić information content (AvgIpc) is 3.02. The molecule has 6 nitrogen and oxygen atoms in total. The van der Waals surface area contributed by atoms with Crippen LogP contribution in [0.15, 0.2) is 41.0 Å². The second-order valence-electron chi connectivity index (χ2n) is 7.45. The maximum absolute atomic E-state index is 12.3. The SMILES string of the molecule is CN(C)CC(C)(C)CNC(=O)c1coc(C(N)Cc2ccccc2)n1. The van der Waals surface area contributed by atoms with Gasteiger partial charge in [-0.1, -0.05) is 44.2 Å². The number of hydrogen-bond acceptors (Lipinski definition) is 5. The van der Waals surface area contributed by atoms with Gasteiger partial charge < -0.3 is 20.4 Å². The summed E-state index contributed by atoms with van der Waals surface area (Å²) < 4.78 is 5.41. The molecule has 0 fully saturated rings. The first-order chi connectivity index (χ1) is 11.8. The quantitative estimate of drug-likeness (QED) is 0.767. The Morgan fingerprint density at radius 2 is 2.00 bits per heavy atom. The smallest absolute Gasteiger partial charge is 0.273 e. The molecule has 1 amide bonds. The number of benzene rings is 1. The van der Waals surface area contributed by atoms with Crippen LogP contribution in [0, 0.1) is 5.41 Å². The predicted molar refractivity (Wildman–Crippen MR) is 98.2 cm³/mol. The third-order valence-electron chi connectivity index (χ3n) is 3.84.